The number of anilines is 2. The van der Waals surface area contributed by atoms with Gasteiger partial charge in [0.1, 0.15) is 4.83 Å². The molecule has 1 fully saturated rings. The van der Waals surface area contributed by atoms with E-state index in [1.807, 2.05) is 49.2 Å². The Bertz CT molecular complexity index is 1700. The number of likely N-dealkylation sites (tertiary alicyclic amines) is 1. The van der Waals surface area contributed by atoms with Gasteiger partial charge in [0.2, 0.25) is 5.91 Å². The third-order valence-electron chi connectivity index (χ3n) is 6.79. The lowest BCUT2D eigenvalue weighted by molar-refractivity contribution is -0.120. The molecule has 1 aliphatic rings. The molecule has 0 spiro atoms. The summed E-state index contributed by atoms with van der Waals surface area (Å²) in [5.41, 5.74) is 4.54. The number of aromatic nitrogens is 5. The van der Waals surface area contributed by atoms with Gasteiger partial charge in [-0.2, -0.15) is 10.2 Å². The van der Waals surface area contributed by atoms with Crippen molar-refractivity contribution < 1.29 is 9.59 Å². The molecule has 2 N–H and O–H groups in total. The van der Waals surface area contributed by atoms with Crippen LogP contribution in [0.3, 0.4) is 0 Å². The quantitative estimate of drug-likeness (QED) is 0.342. The first-order chi connectivity index (χ1) is 18.2. The number of nitrogens with one attached hydrogen (secondary N) is 2. The minimum atomic E-state index is -0.288. The molecule has 5 heterocycles. The molecule has 6 rings (SSSR count). The Balaban J connectivity index is 1.20. The van der Waals surface area contributed by atoms with Crippen LogP contribution in [0, 0.1) is 12.3 Å². The van der Waals surface area contributed by atoms with Crippen LogP contribution in [-0.2, 0) is 11.8 Å². The number of thiazole rings is 1. The topological polar surface area (TPSA) is 109 Å². The van der Waals surface area contributed by atoms with Gasteiger partial charge < -0.3 is 10.6 Å². The zero-order valence-corrected chi connectivity index (χ0v) is 22.5. The lowest BCUT2D eigenvalue weighted by Crippen LogP contribution is -2.54. The molecule has 0 unspecified atom stereocenters. The van der Waals surface area contributed by atoms with Crippen LogP contribution < -0.4 is 10.6 Å². The van der Waals surface area contributed by atoms with Crippen molar-refractivity contribution in [2.45, 2.75) is 20.8 Å². The molecule has 4 aromatic heterocycles. The molecule has 1 aromatic carbocycles. The number of benzene rings is 1. The summed E-state index contributed by atoms with van der Waals surface area (Å²) in [5.74, 6) is -0.388. The van der Waals surface area contributed by atoms with E-state index in [9.17, 15) is 9.59 Å². The van der Waals surface area contributed by atoms with E-state index in [2.05, 4.69) is 44.6 Å². The van der Waals surface area contributed by atoms with Crippen molar-refractivity contribution in [3.63, 3.8) is 0 Å². The van der Waals surface area contributed by atoms with Crippen LogP contribution in [-0.4, -0.2) is 60.7 Å². The van der Waals surface area contributed by atoms with Crippen molar-refractivity contribution in [3.8, 4) is 10.4 Å². The Morgan fingerprint density at radius 2 is 1.92 bits per heavy atom. The van der Waals surface area contributed by atoms with Crippen molar-refractivity contribution in [3.05, 3.63) is 60.3 Å². The van der Waals surface area contributed by atoms with Gasteiger partial charge in [-0.25, -0.2) is 4.52 Å². The molecular weight excluding hydrogens is 500 g/mol. The predicted molar refractivity (Wildman–Crippen MR) is 149 cm³/mol. The molecule has 1 saturated heterocycles. The minimum Gasteiger partial charge on any atom is -0.324 e. The standard InChI is InChI=1S/C27H28N8O2S/c1-16-21(8-17(9-28-16)31-24(36)13-34-14-27(2,3)15-34)32-25(37)20-11-30-35-12-23(38-26(20)35)18-6-5-7-22-19(18)10-29-33(22)4/h5-12H,13-15H2,1-4H3,(H,31,36)(H,32,37). The third-order valence-corrected chi connectivity index (χ3v) is 7.93. The van der Waals surface area contributed by atoms with E-state index in [1.54, 1.807) is 23.0 Å². The molecule has 2 amide bonds. The van der Waals surface area contributed by atoms with E-state index in [0.717, 1.165) is 39.3 Å². The van der Waals surface area contributed by atoms with Gasteiger partial charge >= 0.3 is 0 Å². The van der Waals surface area contributed by atoms with E-state index in [0.29, 0.717) is 29.2 Å². The van der Waals surface area contributed by atoms with Crippen molar-refractivity contribution in [1.29, 1.82) is 0 Å². The van der Waals surface area contributed by atoms with Gasteiger partial charge in [-0.3, -0.25) is 24.2 Å². The highest BCUT2D eigenvalue weighted by atomic mass is 32.1. The fourth-order valence-electron chi connectivity index (χ4n) is 5.06. The summed E-state index contributed by atoms with van der Waals surface area (Å²) >= 11 is 1.50. The van der Waals surface area contributed by atoms with Gasteiger partial charge in [0.15, 0.2) is 0 Å². The van der Waals surface area contributed by atoms with Crippen molar-refractivity contribution in [2.75, 3.05) is 30.3 Å². The maximum atomic E-state index is 13.3. The Morgan fingerprint density at radius 3 is 2.71 bits per heavy atom. The van der Waals surface area contributed by atoms with E-state index >= 15 is 0 Å². The summed E-state index contributed by atoms with van der Waals surface area (Å²) in [6, 6.07) is 7.82. The highest BCUT2D eigenvalue weighted by Gasteiger charge is 2.34. The summed E-state index contributed by atoms with van der Waals surface area (Å²) in [6.45, 7) is 8.32. The van der Waals surface area contributed by atoms with E-state index < -0.39 is 0 Å². The van der Waals surface area contributed by atoms with Crippen LogP contribution in [0.2, 0.25) is 0 Å². The second-order valence-electron chi connectivity index (χ2n) is 10.6. The van der Waals surface area contributed by atoms with Gasteiger partial charge in [0, 0.05) is 37.3 Å². The highest BCUT2D eigenvalue weighted by molar-refractivity contribution is 7.21. The van der Waals surface area contributed by atoms with Crippen LogP contribution in [0.1, 0.15) is 29.9 Å². The number of nitrogens with zero attached hydrogens (tertiary/aromatic N) is 6. The average molecular weight is 529 g/mol. The number of hydrogen-bond acceptors (Lipinski definition) is 7. The second-order valence-corrected chi connectivity index (χ2v) is 11.6. The van der Waals surface area contributed by atoms with Crippen LogP contribution >= 0.6 is 11.3 Å². The van der Waals surface area contributed by atoms with Crippen molar-refractivity contribution >= 4 is 50.3 Å². The first-order valence-corrected chi connectivity index (χ1v) is 13.2. The molecule has 38 heavy (non-hydrogen) atoms. The maximum Gasteiger partial charge on any atom is 0.260 e. The Labute approximate surface area is 223 Å². The molecule has 0 saturated carbocycles. The normalized spacial score (nSPS) is 15.1. The van der Waals surface area contributed by atoms with Crippen LogP contribution in [0.5, 0.6) is 0 Å². The summed E-state index contributed by atoms with van der Waals surface area (Å²) in [7, 11) is 1.92. The van der Waals surface area contributed by atoms with Gasteiger partial charge in [0.25, 0.3) is 5.91 Å². The molecule has 0 bridgehead atoms. The maximum absolute atomic E-state index is 13.3. The highest BCUT2D eigenvalue weighted by Crippen LogP contribution is 2.35. The predicted octanol–water partition coefficient (Wildman–Crippen LogP) is 4.19. The first kappa shape index (κ1) is 24.3. The van der Waals surface area contributed by atoms with Gasteiger partial charge in [-0.05, 0) is 24.5 Å². The number of hydrogen-bond donors (Lipinski definition) is 2. The van der Waals surface area contributed by atoms with Crippen LogP contribution in [0.25, 0.3) is 26.2 Å². The van der Waals surface area contributed by atoms with Crippen molar-refractivity contribution in [2.24, 2.45) is 12.5 Å². The SMILES string of the molecule is Cc1ncc(NC(=O)CN2CC(C)(C)C2)cc1NC(=O)c1cnn2cc(-c3cccc4c3cnn4C)sc12. The van der Waals surface area contributed by atoms with E-state index in [1.165, 1.54) is 11.3 Å². The number of pyridine rings is 1. The average Bonchev–Trinajstić information content (AvgIpc) is 3.54. The molecule has 0 aliphatic carbocycles. The number of carbonyl (C=O) groups is 2. The fourth-order valence-corrected chi connectivity index (χ4v) is 6.15. The minimum absolute atomic E-state index is 0.100. The van der Waals surface area contributed by atoms with Crippen LogP contribution in [0.4, 0.5) is 11.4 Å². The fraction of sp³-hybridized carbons (Fsp3) is 0.296. The molecular formula is C27H28N8O2S. The number of aryl methyl sites for hydroxylation is 2. The Hall–Kier alpha value is -4.09. The zero-order valence-electron chi connectivity index (χ0n) is 21.6. The first-order valence-electron chi connectivity index (χ1n) is 12.4. The molecule has 10 nitrogen and oxygen atoms in total. The summed E-state index contributed by atoms with van der Waals surface area (Å²) in [6.07, 6.45) is 6.96. The van der Waals surface area contributed by atoms with Crippen LogP contribution in [0.15, 0.2) is 49.1 Å². The largest absolute Gasteiger partial charge is 0.324 e. The second kappa shape index (κ2) is 9.03. The summed E-state index contributed by atoms with van der Waals surface area (Å²) in [4.78, 5) is 34.0. The smallest absolute Gasteiger partial charge is 0.260 e. The molecule has 0 atom stereocenters. The zero-order chi connectivity index (χ0) is 26.6. The monoisotopic (exact) mass is 528 g/mol. The van der Waals surface area contributed by atoms with Gasteiger partial charge in [-0.15, -0.1) is 11.3 Å². The molecule has 0 radical (unpaired) electrons. The Kier molecular flexibility index (Phi) is 5.77. The molecule has 194 valence electrons. The number of fused-ring (bicyclic) bond motifs is 2. The van der Waals surface area contributed by atoms with E-state index in [4.69, 9.17) is 0 Å². The lowest BCUT2D eigenvalue weighted by atomic mass is 9.84. The molecule has 5 aromatic rings. The van der Waals surface area contributed by atoms with E-state index in [-0.39, 0.29) is 17.2 Å². The van der Waals surface area contributed by atoms with Gasteiger partial charge in [0.05, 0.1) is 58.2 Å². The number of rotatable bonds is 6. The summed E-state index contributed by atoms with van der Waals surface area (Å²) in [5, 5.41) is 15.7. The third kappa shape index (κ3) is 4.44. The number of amides is 2. The van der Waals surface area contributed by atoms with Crippen molar-refractivity contribution in [1.82, 2.24) is 29.3 Å². The summed E-state index contributed by atoms with van der Waals surface area (Å²) < 4.78 is 3.57. The molecule has 1 aliphatic heterocycles. The van der Waals surface area contributed by atoms with Gasteiger partial charge in [-0.1, -0.05) is 26.0 Å². The number of carbonyl (C=O) groups excluding carboxylic acids is 2. The molecule has 11 heteroatoms. The Morgan fingerprint density at radius 1 is 1.11 bits per heavy atom. The lowest BCUT2D eigenvalue weighted by Gasteiger charge is -2.45.